The summed E-state index contributed by atoms with van der Waals surface area (Å²) in [4.78, 5) is 23.9. The summed E-state index contributed by atoms with van der Waals surface area (Å²) in [5.74, 6) is -0.744. The zero-order valence-corrected chi connectivity index (χ0v) is 8.96. The molecule has 3 amide bonds. The summed E-state index contributed by atoms with van der Waals surface area (Å²) in [6, 6.07) is 1.71. The third-order valence-corrected chi connectivity index (χ3v) is 2.32. The number of hydrogen-bond acceptors (Lipinski definition) is 3. The lowest BCUT2D eigenvalue weighted by atomic mass is 10.4. The van der Waals surface area contributed by atoms with Crippen LogP contribution in [-0.4, -0.2) is 35.3 Å². The highest BCUT2D eigenvalue weighted by Gasteiger charge is 2.32. The smallest absolute Gasteiger partial charge is 0.320 e. The van der Waals surface area contributed by atoms with E-state index < -0.39 is 11.9 Å². The Hall–Kier alpha value is -1.28. The van der Waals surface area contributed by atoms with Gasteiger partial charge in [-0.3, -0.25) is 10.1 Å². The molecule has 1 aliphatic carbocycles. The van der Waals surface area contributed by atoms with Gasteiger partial charge in [-0.15, -0.1) is 11.6 Å². The fourth-order valence-electron chi connectivity index (χ4n) is 1.23. The van der Waals surface area contributed by atoms with Gasteiger partial charge in [0, 0.05) is 12.6 Å². The van der Waals surface area contributed by atoms with Crippen molar-refractivity contribution in [3.8, 4) is 6.07 Å². The average Bonchev–Trinajstić information content (AvgIpc) is 3.02. The van der Waals surface area contributed by atoms with Crippen molar-refractivity contribution in [3.05, 3.63) is 0 Å². The minimum atomic E-state index is -0.510. The number of hydrogen-bond donors (Lipinski definition) is 1. The van der Waals surface area contributed by atoms with Gasteiger partial charge in [-0.25, -0.2) is 4.79 Å². The molecule has 0 atom stereocenters. The molecule has 0 unspecified atom stereocenters. The number of halogens is 1. The van der Waals surface area contributed by atoms with Crippen molar-refractivity contribution in [1.82, 2.24) is 10.2 Å². The van der Waals surface area contributed by atoms with Crippen LogP contribution >= 0.6 is 11.6 Å². The summed E-state index contributed by atoms with van der Waals surface area (Å²) in [6.45, 7) is 0.364. The van der Waals surface area contributed by atoms with Crippen molar-refractivity contribution in [2.24, 2.45) is 0 Å². The van der Waals surface area contributed by atoms with Crippen molar-refractivity contribution >= 4 is 23.5 Å². The molecule has 0 radical (unpaired) electrons. The van der Waals surface area contributed by atoms with Crippen molar-refractivity contribution in [2.45, 2.75) is 25.3 Å². The minimum Gasteiger partial charge on any atom is -0.320 e. The first-order valence-electron chi connectivity index (χ1n) is 4.72. The molecule has 0 heterocycles. The van der Waals surface area contributed by atoms with Gasteiger partial charge in [-0.05, 0) is 12.8 Å². The summed E-state index contributed by atoms with van der Waals surface area (Å²) in [5, 5.41) is 10.6. The number of imide groups is 1. The van der Waals surface area contributed by atoms with E-state index in [1.807, 2.05) is 6.07 Å². The molecule has 1 saturated carbocycles. The summed E-state index contributed by atoms with van der Waals surface area (Å²) < 4.78 is 0. The maximum absolute atomic E-state index is 11.5. The number of nitrogens with one attached hydrogen (secondary N) is 1. The Bertz CT molecular complexity index is 296. The van der Waals surface area contributed by atoms with Crippen molar-refractivity contribution in [2.75, 3.05) is 12.4 Å². The van der Waals surface area contributed by atoms with Crippen LogP contribution in [0.3, 0.4) is 0 Å². The van der Waals surface area contributed by atoms with Gasteiger partial charge in [0.15, 0.2) is 0 Å². The normalized spacial score (nSPS) is 14.1. The lowest BCUT2D eigenvalue weighted by Gasteiger charge is -2.20. The van der Waals surface area contributed by atoms with Crippen LogP contribution in [0.25, 0.3) is 0 Å². The van der Waals surface area contributed by atoms with Gasteiger partial charge in [0.2, 0.25) is 5.91 Å². The van der Waals surface area contributed by atoms with E-state index in [2.05, 4.69) is 5.32 Å². The minimum absolute atomic E-state index is 0.182. The topological polar surface area (TPSA) is 73.2 Å². The van der Waals surface area contributed by atoms with E-state index in [4.69, 9.17) is 16.9 Å². The summed E-state index contributed by atoms with van der Waals surface area (Å²) in [7, 11) is 0. The second kappa shape index (κ2) is 5.56. The van der Waals surface area contributed by atoms with Gasteiger partial charge < -0.3 is 4.90 Å². The van der Waals surface area contributed by atoms with Gasteiger partial charge in [0.1, 0.15) is 5.88 Å². The fraction of sp³-hybridized carbons (Fsp3) is 0.667. The van der Waals surface area contributed by atoms with E-state index in [-0.39, 0.29) is 18.3 Å². The van der Waals surface area contributed by atoms with Gasteiger partial charge in [-0.2, -0.15) is 5.26 Å². The lowest BCUT2D eigenvalue weighted by molar-refractivity contribution is -0.117. The summed E-state index contributed by atoms with van der Waals surface area (Å²) in [5.41, 5.74) is 0. The largest absolute Gasteiger partial charge is 0.324 e. The molecule has 15 heavy (non-hydrogen) atoms. The number of nitriles is 1. The standard InChI is InChI=1S/C9H12ClN3O2/c10-6-8(14)12-9(15)13(5-1-4-11)7-2-3-7/h7H,1-3,5-6H2,(H,12,14,15). The molecular weight excluding hydrogens is 218 g/mol. The number of carbonyl (C=O) groups is 2. The highest BCUT2D eigenvalue weighted by molar-refractivity contribution is 6.28. The van der Waals surface area contributed by atoms with E-state index in [1.165, 1.54) is 4.90 Å². The second-order valence-corrected chi connectivity index (χ2v) is 3.59. The van der Waals surface area contributed by atoms with Gasteiger partial charge in [0.25, 0.3) is 0 Å². The fourth-order valence-corrected chi connectivity index (χ4v) is 1.30. The van der Waals surface area contributed by atoms with Crippen LogP contribution in [0.15, 0.2) is 0 Å². The van der Waals surface area contributed by atoms with E-state index in [0.717, 1.165) is 12.8 Å². The molecule has 5 nitrogen and oxygen atoms in total. The Morgan fingerprint density at radius 3 is 2.67 bits per heavy atom. The van der Waals surface area contributed by atoms with E-state index in [1.54, 1.807) is 0 Å². The molecule has 0 aromatic rings. The van der Waals surface area contributed by atoms with Crippen molar-refractivity contribution in [3.63, 3.8) is 0 Å². The monoisotopic (exact) mass is 229 g/mol. The highest BCUT2D eigenvalue weighted by atomic mass is 35.5. The predicted octanol–water partition coefficient (Wildman–Crippen LogP) is 0.839. The molecule has 0 saturated heterocycles. The van der Waals surface area contributed by atoms with E-state index in [9.17, 15) is 9.59 Å². The number of nitrogens with zero attached hydrogens (tertiary/aromatic N) is 2. The van der Waals surface area contributed by atoms with E-state index in [0.29, 0.717) is 6.54 Å². The summed E-state index contributed by atoms with van der Waals surface area (Å²) in [6.07, 6.45) is 2.15. The molecule has 0 bridgehead atoms. The first-order chi connectivity index (χ1) is 7.19. The third kappa shape index (κ3) is 3.76. The first kappa shape index (κ1) is 11.8. The van der Waals surface area contributed by atoms with Gasteiger partial charge >= 0.3 is 6.03 Å². The Morgan fingerprint density at radius 2 is 2.20 bits per heavy atom. The van der Waals surface area contributed by atoms with Gasteiger partial charge in [-0.1, -0.05) is 0 Å². The molecule has 1 N–H and O–H groups in total. The first-order valence-corrected chi connectivity index (χ1v) is 5.26. The number of rotatable bonds is 4. The maximum atomic E-state index is 11.5. The maximum Gasteiger partial charge on any atom is 0.324 e. The zero-order chi connectivity index (χ0) is 11.3. The Balaban J connectivity index is 2.44. The Morgan fingerprint density at radius 1 is 1.53 bits per heavy atom. The van der Waals surface area contributed by atoms with Crippen molar-refractivity contribution < 1.29 is 9.59 Å². The van der Waals surface area contributed by atoms with Crippen LogP contribution in [0.4, 0.5) is 4.79 Å². The van der Waals surface area contributed by atoms with E-state index >= 15 is 0 Å². The number of urea groups is 1. The average molecular weight is 230 g/mol. The molecule has 82 valence electrons. The second-order valence-electron chi connectivity index (χ2n) is 3.32. The van der Waals surface area contributed by atoms with Crippen LogP contribution in [0.5, 0.6) is 0 Å². The molecule has 0 aromatic carbocycles. The number of alkyl halides is 1. The quantitative estimate of drug-likeness (QED) is 0.726. The lowest BCUT2D eigenvalue weighted by Crippen LogP contribution is -2.44. The van der Waals surface area contributed by atoms with Crippen LogP contribution in [0.1, 0.15) is 19.3 Å². The van der Waals surface area contributed by atoms with Crippen LogP contribution in [0.2, 0.25) is 0 Å². The summed E-state index contributed by atoms with van der Waals surface area (Å²) >= 11 is 5.27. The molecule has 0 aromatic heterocycles. The molecule has 0 spiro atoms. The van der Waals surface area contributed by atoms with Crippen molar-refractivity contribution in [1.29, 1.82) is 5.26 Å². The van der Waals surface area contributed by atoms with Gasteiger partial charge in [0.05, 0.1) is 12.5 Å². The van der Waals surface area contributed by atoms with Crippen LogP contribution in [-0.2, 0) is 4.79 Å². The molecule has 1 fully saturated rings. The number of amides is 3. The predicted molar refractivity (Wildman–Crippen MR) is 54.2 cm³/mol. The number of carbonyl (C=O) groups excluding carboxylic acids is 2. The van der Waals surface area contributed by atoms with Crippen LogP contribution < -0.4 is 5.32 Å². The molecule has 1 rings (SSSR count). The third-order valence-electron chi connectivity index (χ3n) is 2.08. The zero-order valence-electron chi connectivity index (χ0n) is 8.20. The molecule has 1 aliphatic rings. The SMILES string of the molecule is N#CCCN(C(=O)NC(=O)CCl)C1CC1. The molecule has 0 aliphatic heterocycles. The molecular formula is C9H12ClN3O2. The Kier molecular flexibility index (Phi) is 4.37. The Labute approximate surface area is 93.0 Å². The highest BCUT2D eigenvalue weighted by Crippen LogP contribution is 2.26. The van der Waals surface area contributed by atoms with Crippen LogP contribution in [0, 0.1) is 11.3 Å². The molecule has 6 heteroatoms.